The van der Waals surface area contributed by atoms with Gasteiger partial charge in [0.2, 0.25) is 10.0 Å². The highest BCUT2D eigenvalue weighted by Gasteiger charge is 2.23. The molecule has 0 saturated carbocycles. The summed E-state index contributed by atoms with van der Waals surface area (Å²) in [5.41, 5.74) is -0.246. The molecule has 9 heteroatoms. The van der Waals surface area contributed by atoms with Crippen LogP contribution in [0.25, 0.3) is 0 Å². The smallest absolute Gasteiger partial charge is 0.319 e. The first kappa shape index (κ1) is 21.9. The second kappa shape index (κ2) is 9.00. The van der Waals surface area contributed by atoms with Crippen LogP contribution in [0.5, 0.6) is 0 Å². The van der Waals surface area contributed by atoms with Crippen molar-refractivity contribution in [1.29, 1.82) is 0 Å². The van der Waals surface area contributed by atoms with Crippen LogP contribution in [0.15, 0.2) is 29.2 Å². The lowest BCUT2D eigenvalue weighted by Gasteiger charge is -2.25. The van der Waals surface area contributed by atoms with Crippen LogP contribution in [0, 0.1) is 0 Å². The number of rotatable bonds is 9. The van der Waals surface area contributed by atoms with E-state index < -0.39 is 27.6 Å². The quantitative estimate of drug-likeness (QED) is 0.604. The standard InChI is InChI=1S/C17H27N3O5S/c1-5-20(6-2)26(24,25)14-9-7-13(8-10-14)18-16(23)19-17(3,4)12-11-15(21)22/h7-10H,5-6,11-12H2,1-4H3,(H,21,22)(H2,18,19,23). The number of nitrogens with one attached hydrogen (secondary N) is 2. The lowest BCUT2D eigenvalue weighted by atomic mass is 9.99. The highest BCUT2D eigenvalue weighted by atomic mass is 32.2. The highest BCUT2D eigenvalue weighted by Crippen LogP contribution is 2.18. The van der Waals surface area contributed by atoms with Crippen molar-refractivity contribution in [1.82, 2.24) is 9.62 Å². The van der Waals surface area contributed by atoms with Crippen LogP contribution in [0.1, 0.15) is 40.5 Å². The molecule has 3 N–H and O–H groups in total. The van der Waals surface area contributed by atoms with Gasteiger partial charge in [-0.2, -0.15) is 4.31 Å². The SMILES string of the molecule is CCN(CC)S(=O)(=O)c1ccc(NC(=O)NC(C)(C)CCC(=O)O)cc1. The molecule has 0 aliphatic rings. The van der Waals surface area contributed by atoms with Crippen LogP contribution >= 0.6 is 0 Å². The van der Waals surface area contributed by atoms with Gasteiger partial charge in [-0.1, -0.05) is 13.8 Å². The Morgan fingerprint density at radius 2 is 1.65 bits per heavy atom. The summed E-state index contributed by atoms with van der Waals surface area (Å²) in [4.78, 5) is 22.9. The van der Waals surface area contributed by atoms with Crippen molar-refractivity contribution in [2.24, 2.45) is 0 Å². The van der Waals surface area contributed by atoms with Crippen molar-refractivity contribution < 1.29 is 23.1 Å². The summed E-state index contributed by atoms with van der Waals surface area (Å²) in [7, 11) is -3.54. The number of hydrogen-bond acceptors (Lipinski definition) is 4. The number of carbonyl (C=O) groups is 2. The number of sulfonamides is 1. The van der Waals surface area contributed by atoms with E-state index in [1.807, 2.05) is 0 Å². The molecule has 8 nitrogen and oxygen atoms in total. The number of carbonyl (C=O) groups excluding carboxylic acids is 1. The Balaban J connectivity index is 2.75. The molecule has 0 aromatic heterocycles. The summed E-state index contributed by atoms with van der Waals surface area (Å²) in [6, 6.07) is 5.43. The molecule has 0 aliphatic carbocycles. The number of benzene rings is 1. The number of amides is 2. The maximum Gasteiger partial charge on any atom is 0.319 e. The van der Waals surface area contributed by atoms with Crippen LogP contribution in [-0.2, 0) is 14.8 Å². The van der Waals surface area contributed by atoms with Gasteiger partial charge in [0.25, 0.3) is 0 Å². The fraction of sp³-hybridized carbons (Fsp3) is 0.529. The summed E-state index contributed by atoms with van der Waals surface area (Å²) in [6.07, 6.45) is 0.238. The Kier molecular flexibility index (Phi) is 7.58. The molecule has 1 aromatic carbocycles. The molecule has 1 aromatic rings. The molecule has 0 radical (unpaired) electrons. The zero-order chi connectivity index (χ0) is 20.0. The maximum atomic E-state index is 12.4. The number of anilines is 1. The Labute approximate surface area is 154 Å². The average molecular weight is 385 g/mol. The van der Waals surface area contributed by atoms with E-state index in [2.05, 4.69) is 10.6 Å². The minimum absolute atomic E-state index is 0.0504. The van der Waals surface area contributed by atoms with E-state index in [9.17, 15) is 18.0 Å². The van der Waals surface area contributed by atoms with Gasteiger partial charge in [-0.15, -0.1) is 0 Å². The fourth-order valence-corrected chi connectivity index (χ4v) is 3.83. The molecule has 0 aliphatic heterocycles. The van der Waals surface area contributed by atoms with Gasteiger partial charge in [0.1, 0.15) is 0 Å². The third-order valence-corrected chi connectivity index (χ3v) is 5.94. The third kappa shape index (κ3) is 6.30. The topological polar surface area (TPSA) is 116 Å². The third-order valence-electron chi connectivity index (χ3n) is 3.87. The van der Waals surface area contributed by atoms with Crippen molar-refractivity contribution in [2.45, 2.75) is 51.0 Å². The number of aliphatic carboxylic acids is 1. The molecular formula is C17H27N3O5S. The van der Waals surface area contributed by atoms with Crippen molar-refractivity contribution in [3.05, 3.63) is 24.3 Å². The number of hydrogen-bond donors (Lipinski definition) is 3. The predicted molar refractivity (Wildman–Crippen MR) is 99.7 cm³/mol. The largest absolute Gasteiger partial charge is 0.481 e. The van der Waals surface area contributed by atoms with Crippen LogP contribution in [-0.4, -0.2) is 48.5 Å². The van der Waals surface area contributed by atoms with Gasteiger partial charge in [-0.3, -0.25) is 4.79 Å². The van der Waals surface area contributed by atoms with Crippen LogP contribution < -0.4 is 10.6 Å². The molecule has 26 heavy (non-hydrogen) atoms. The van der Waals surface area contributed by atoms with Crippen LogP contribution in [0.4, 0.5) is 10.5 Å². The summed E-state index contributed by atoms with van der Waals surface area (Å²) >= 11 is 0. The number of carboxylic acids is 1. The predicted octanol–water partition coefficient (Wildman–Crippen LogP) is 2.48. The molecule has 0 atom stereocenters. The van der Waals surface area contributed by atoms with Gasteiger partial charge in [0, 0.05) is 30.7 Å². The van der Waals surface area contributed by atoms with Gasteiger partial charge in [0.05, 0.1) is 4.90 Å². The van der Waals surface area contributed by atoms with Crippen molar-refractivity contribution in [3.63, 3.8) is 0 Å². The van der Waals surface area contributed by atoms with Crippen LogP contribution in [0.2, 0.25) is 0 Å². The van der Waals surface area contributed by atoms with E-state index in [0.29, 0.717) is 18.8 Å². The normalized spacial score (nSPS) is 12.0. The first-order valence-corrected chi connectivity index (χ1v) is 9.87. The maximum absolute atomic E-state index is 12.4. The Hall–Kier alpha value is -2.13. The first-order valence-electron chi connectivity index (χ1n) is 8.43. The molecule has 0 spiro atoms. The lowest BCUT2D eigenvalue weighted by molar-refractivity contribution is -0.137. The molecular weight excluding hydrogens is 358 g/mol. The zero-order valence-electron chi connectivity index (χ0n) is 15.6. The molecule has 0 heterocycles. The average Bonchev–Trinajstić information content (AvgIpc) is 2.54. The van der Waals surface area contributed by atoms with Gasteiger partial charge < -0.3 is 15.7 Å². The minimum atomic E-state index is -3.54. The molecule has 0 unspecified atom stereocenters. The van der Waals surface area contributed by atoms with Crippen molar-refractivity contribution >= 4 is 27.7 Å². The second-order valence-corrected chi connectivity index (χ2v) is 8.41. The monoisotopic (exact) mass is 385 g/mol. The summed E-state index contributed by atoms with van der Waals surface area (Å²) in [5, 5.41) is 14.0. The Morgan fingerprint density at radius 3 is 2.12 bits per heavy atom. The number of carboxylic acid groups (broad SMARTS) is 1. The number of urea groups is 1. The molecule has 0 bridgehead atoms. The van der Waals surface area contributed by atoms with Crippen molar-refractivity contribution in [2.75, 3.05) is 18.4 Å². The van der Waals surface area contributed by atoms with E-state index in [1.165, 1.54) is 28.6 Å². The molecule has 1 rings (SSSR count). The summed E-state index contributed by atoms with van der Waals surface area (Å²) in [5.74, 6) is -0.926. The number of nitrogens with zero attached hydrogens (tertiary/aromatic N) is 1. The van der Waals surface area contributed by atoms with E-state index in [4.69, 9.17) is 5.11 Å². The lowest BCUT2D eigenvalue weighted by Crippen LogP contribution is -2.45. The van der Waals surface area contributed by atoms with Crippen molar-refractivity contribution in [3.8, 4) is 0 Å². The van der Waals surface area contributed by atoms with E-state index in [-0.39, 0.29) is 17.7 Å². The van der Waals surface area contributed by atoms with Gasteiger partial charge >= 0.3 is 12.0 Å². The molecule has 2 amide bonds. The molecule has 0 saturated heterocycles. The molecule has 0 fully saturated rings. The molecule has 146 valence electrons. The van der Waals surface area contributed by atoms with E-state index in [0.717, 1.165) is 0 Å². The highest BCUT2D eigenvalue weighted by molar-refractivity contribution is 7.89. The zero-order valence-corrected chi connectivity index (χ0v) is 16.4. The first-order chi connectivity index (χ1) is 12.0. The van der Waals surface area contributed by atoms with E-state index in [1.54, 1.807) is 27.7 Å². The van der Waals surface area contributed by atoms with E-state index >= 15 is 0 Å². The Bertz CT molecular complexity index is 725. The minimum Gasteiger partial charge on any atom is -0.481 e. The Morgan fingerprint density at radius 1 is 1.12 bits per heavy atom. The van der Waals surface area contributed by atoms with Crippen LogP contribution in [0.3, 0.4) is 0 Å². The fourth-order valence-electron chi connectivity index (χ4n) is 2.37. The van der Waals surface area contributed by atoms with Gasteiger partial charge in [-0.25, -0.2) is 13.2 Å². The van der Waals surface area contributed by atoms with Gasteiger partial charge in [-0.05, 0) is 44.5 Å². The summed E-state index contributed by atoms with van der Waals surface area (Å²) in [6.45, 7) is 7.77. The summed E-state index contributed by atoms with van der Waals surface area (Å²) < 4.78 is 26.2. The second-order valence-electron chi connectivity index (χ2n) is 6.47. The van der Waals surface area contributed by atoms with Gasteiger partial charge in [0.15, 0.2) is 0 Å².